The van der Waals surface area contributed by atoms with Gasteiger partial charge in [-0.15, -0.1) is 0 Å². The third-order valence-corrected chi connectivity index (χ3v) is 2.65. The molecule has 0 rings (SSSR count). The Morgan fingerprint density at radius 1 is 1.31 bits per heavy atom. The molecule has 0 fully saturated rings. The normalized spacial score (nSPS) is 14.2. The van der Waals surface area contributed by atoms with E-state index < -0.39 is 0 Å². The van der Waals surface area contributed by atoms with Gasteiger partial charge in [-0.3, -0.25) is 0 Å². The van der Waals surface area contributed by atoms with Gasteiger partial charge in [0.05, 0.1) is 0 Å². The monoisotopic (exact) mass is 183 g/mol. The summed E-state index contributed by atoms with van der Waals surface area (Å²) in [7, 11) is 0. The van der Waals surface area contributed by atoms with Gasteiger partial charge in [0.2, 0.25) is 0 Å². The molecule has 0 aliphatic heterocycles. The first-order chi connectivity index (χ1) is 5.89. The van der Waals surface area contributed by atoms with Gasteiger partial charge in [-0.25, -0.2) is 0 Å². The zero-order valence-corrected chi connectivity index (χ0v) is 9.69. The fraction of sp³-hybridized carbons (Fsp3) is 0.833. The molecule has 0 saturated heterocycles. The molecule has 78 valence electrons. The highest BCUT2D eigenvalue weighted by Crippen LogP contribution is 2.31. The fourth-order valence-corrected chi connectivity index (χ4v) is 1.51. The highest BCUT2D eigenvalue weighted by Gasteiger charge is 2.19. The van der Waals surface area contributed by atoms with Crippen molar-refractivity contribution in [3.05, 3.63) is 12.2 Å². The SMILES string of the molecule is C=C(C(C)CCCCN)C(C)(C)C. The molecule has 0 bridgehead atoms. The van der Waals surface area contributed by atoms with Gasteiger partial charge in [-0.2, -0.15) is 0 Å². The molecule has 1 heteroatoms. The molecule has 2 N–H and O–H groups in total. The van der Waals surface area contributed by atoms with E-state index in [9.17, 15) is 0 Å². The number of nitrogens with two attached hydrogens (primary N) is 1. The highest BCUT2D eigenvalue weighted by molar-refractivity contribution is 5.08. The highest BCUT2D eigenvalue weighted by atomic mass is 14.5. The molecule has 0 aliphatic carbocycles. The predicted molar refractivity (Wildman–Crippen MR) is 60.7 cm³/mol. The van der Waals surface area contributed by atoms with Crippen LogP contribution in [0, 0.1) is 11.3 Å². The van der Waals surface area contributed by atoms with Crippen LogP contribution in [0.4, 0.5) is 0 Å². The van der Waals surface area contributed by atoms with E-state index in [1.807, 2.05) is 0 Å². The summed E-state index contributed by atoms with van der Waals surface area (Å²) in [4.78, 5) is 0. The summed E-state index contributed by atoms with van der Waals surface area (Å²) < 4.78 is 0. The van der Waals surface area contributed by atoms with Gasteiger partial charge in [-0.1, -0.05) is 46.3 Å². The van der Waals surface area contributed by atoms with Crippen LogP contribution in [0.25, 0.3) is 0 Å². The first kappa shape index (κ1) is 12.7. The fourth-order valence-electron chi connectivity index (χ4n) is 1.51. The van der Waals surface area contributed by atoms with Crippen molar-refractivity contribution >= 4 is 0 Å². The minimum absolute atomic E-state index is 0.252. The van der Waals surface area contributed by atoms with E-state index in [2.05, 4.69) is 34.3 Å². The second-order valence-electron chi connectivity index (χ2n) is 4.96. The van der Waals surface area contributed by atoms with E-state index in [0.29, 0.717) is 5.92 Å². The van der Waals surface area contributed by atoms with Gasteiger partial charge < -0.3 is 5.73 Å². The van der Waals surface area contributed by atoms with Crippen LogP contribution in [0.1, 0.15) is 47.0 Å². The third-order valence-electron chi connectivity index (χ3n) is 2.65. The lowest BCUT2D eigenvalue weighted by Crippen LogP contribution is -2.15. The standard InChI is InChI=1S/C12H25N/c1-10(8-6-7-9-13)11(2)12(3,4)5/h10H,2,6-9,13H2,1,3-5H3. The van der Waals surface area contributed by atoms with Gasteiger partial charge >= 0.3 is 0 Å². The van der Waals surface area contributed by atoms with E-state index in [1.54, 1.807) is 0 Å². The Labute approximate surface area is 83.4 Å². The van der Waals surface area contributed by atoms with E-state index >= 15 is 0 Å². The van der Waals surface area contributed by atoms with E-state index in [4.69, 9.17) is 5.73 Å². The zero-order valence-electron chi connectivity index (χ0n) is 9.69. The van der Waals surface area contributed by atoms with Crippen LogP contribution in [-0.4, -0.2) is 6.54 Å². The Hall–Kier alpha value is -0.300. The maximum Gasteiger partial charge on any atom is -0.00773 e. The molecule has 0 aromatic rings. The lowest BCUT2D eigenvalue weighted by atomic mass is 9.79. The minimum Gasteiger partial charge on any atom is -0.330 e. The van der Waals surface area contributed by atoms with Crippen molar-refractivity contribution in [1.82, 2.24) is 0 Å². The molecule has 0 aromatic heterocycles. The number of hydrogen-bond acceptors (Lipinski definition) is 1. The van der Waals surface area contributed by atoms with Crippen LogP contribution < -0.4 is 5.73 Å². The Kier molecular flexibility index (Phi) is 5.31. The first-order valence-corrected chi connectivity index (χ1v) is 5.29. The summed E-state index contributed by atoms with van der Waals surface area (Å²) in [5.41, 5.74) is 7.07. The van der Waals surface area contributed by atoms with Gasteiger partial charge in [0.1, 0.15) is 0 Å². The topological polar surface area (TPSA) is 26.0 Å². The van der Waals surface area contributed by atoms with Crippen LogP contribution in [0.5, 0.6) is 0 Å². The quantitative estimate of drug-likeness (QED) is 0.513. The zero-order chi connectivity index (χ0) is 10.5. The Morgan fingerprint density at radius 3 is 2.23 bits per heavy atom. The van der Waals surface area contributed by atoms with Crippen LogP contribution in [0.2, 0.25) is 0 Å². The van der Waals surface area contributed by atoms with Crippen molar-refractivity contribution < 1.29 is 0 Å². The van der Waals surface area contributed by atoms with E-state index in [1.165, 1.54) is 18.4 Å². The van der Waals surface area contributed by atoms with Gasteiger partial charge in [-0.05, 0) is 30.7 Å². The summed E-state index contributed by atoms with van der Waals surface area (Å²) in [5.74, 6) is 0.631. The van der Waals surface area contributed by atoms with Gasteiger partial charge in [0.15, 0.2) is 0 Å². The van der Waals surface area contributed by atoms with Crippen LogP contribution in [0.15, 0.2) is 12.2 Å². The van der Waals surface area contributed by atoms with Crippen molar-refractivity contribution in [2.24, 2.45) is 17.1 Å². The summed E-state index contributed by atoms with van der Waals surface area (Å²) in [6.07, 6.45) is 3.60. The summed E-state index contributed by atoms with van der Waals surface area (Å²) in [6.45, 7) is 13.9. The van der Waals surface area contributed by atoms with Gasteiger partial charge in [0.25, 0.3) is 0 Å². The van der Waals surface area contributed by atoms with Crippen molar-refractivity contribution in [1.29, 1.82) is 0 Å². The van der Waals surface area contributed by atoms with Gasteiger partial charge in [0, 0.05) is 0 Å². The first-order valence-electron chi connectivity index (χ1n) is 5.29. The third kappa shape index (κ3) is 5.09. The maximum absolute atomic E-state index is 5.45. The average molecular weight is 183 g/mol. The molecular weight excluding hydrogens is 158 g/mol. The lowest BCUT2D eigenvalue weighted by molar-refractivity contribution is 0.416. The van der Waals surface area contributed by atoms with Crippen molar-refractivity contribution in [3.63, 3.8) is 0 Å². The van der Waals surface area contributed by atoms with Crippen LogP contribution in [-0.2, 0) is 0 Å². The van der Waals surface area contributed by atoms with Crippen molar-refractivity contribution in [3.8, 4) is 0 Å². The summed E-state index contributed by atoms with van der Waals surface area (Å²) in [6, 6.07) is 0. The molecule has 0 radical (unpaired) electrons. The number of allylic oxidation sites excluding steroid dienone is 1. The maximum atomic E-state index is 5.45. The smallest absolute Gasteiger partial charge is 0.00773 e. The number of hydrogen-bond donors (Lipinski definition) is 1. The average Bonchev–Trinajstić information content (AvgIpc) is 2.01. The molecule has 0 aliphatic rings. The molecule has 0 heterocycles. The number of unbranched alkanes of at least 4 members (excludes halogenated alkanes) is 1. The molecule has 0 aromatic carbocycles. The molecular formula is C12H25N. The second kappa shape index (κ2) is 5.43. The van der Waals surface area contributed by atoms with Crippen molar-refractivity contribution in [2.75, 3.05) is 6.54 Å². The van der Waals surface area contributed by atoms with Crippen LogP contribution in [0.3, 0.4) is 0 Å². The molecule has 0 spiro atoms. The minimum atomic E-state index is 0.252. The molecule has 1 unspecified atom stereocenters. The predicted octanol–water partition coefficient (Wildman–Crippen LogP) is 3.35. The van der Waals surface area contributed by atoms with Crippen LogP contribution >= 0.6 is 0 Å². The molecule has 0 saturated carbocycles. The molecule has 1 atom stereocenters. The van der Waals surface area contributed by atoms with E-state index in [0.717, 1.165) is 13.0 Å². The Balaban J connectivity index is 3.84. The lowest BCUT2D eigenvalue weighted by Gasteiger charge is -2.27. The molecule has 13 heavy (non-hydrogen) atoms. The summed E-state index contributed by atoms with van der Waals surface area (Å²) in [5, 5.41) is 0. The Bertz CT molecular complexity index is 153. The van der Waals surface area contributed by atoms with E-state index in [-0.39, 0.29) is 5.41 Å². The Morgan fingerprint density at radius 2 is 1.85 bits per heavy atom. The molecule has 1 nitrogen and oxygen atoms in total. The molecule has 0 amide bonds. The largest absolute Gasteiger partial charge is 0.330 e. The second-order valence-corrected chi connectivity index (χ2v) is 4.96. The van der Waals surface area contributed by atoms with Crippen molar-refractivity contribution in [2.45, 2.75) is 47.0 Å². The summed E-state index contributed by atoms with van der Waals surface area (Å²) >= 11 is 0. The number of rotatable bonds is 5.